The molecule has 0 saturated carbocycles. The van der Waals surface area contributed by atoms with E-state index in [4.69, 9.17) is 22.1 Å². The molecule has 2 aromatic carbocycles. The highest BCUT2D eigenvalue weighted by Gasteiger charge is 2.19. The normalized spacial score (nSPS) is 10.5. The lowest BCUT2D eigenvalue weighted by Crippen LogP contribution is -2.15. The van der Waals surface area contributed by atoms with Crippen LogP contribution in [0.5, 0.6) is 5.75 Å². The van der Waals surface area contributed by atoms with Gasteiger partial charge in [0, 0.05) is 17.3 Å². The highest BCUT2D eigenvalue weighted by atomic mass is 35.5. The maximum atomic E-state index is 12.5. The molecule has 1 amide bonds. The standard InChI is InChI=1S/C18H16ClN5O3/c1-10(25)11-3-5-12(6-4-11)21-18(26)16-17(20)24(23-22-16)13-7-8-14(19)15(9-13)27-2/h3-9H,20H2,1-2H3,(H,21,26). The fraction of sp³-hybridized carbons (Fsp3) is 0.111. The average Bonchev–Trinajstić information content (AvgIpc) is 3.04. The Morgan fingerprint density at radius 3 is 2.52 bits per heavy atom. The maximum absolute atomic E-state index is 12.5. The van der Waals surface area contributed by atoms with Gasteiger partial charge >= 0.3 is 0 Å². The summed E-state index contributed by atoms with van der Waals surface area (Å²) in [6.45, 7) is 1.47. The van der Waals surface area contributed by atoms with Gasteiger partial charge < -0.3 is 15.8 Å². The van der Waals surface area contributed by atoms with E-state index in [9.17, 15) is 9.59 Å². The Kier molecular flexibility index (Phi) is 5.09. The van der Waals surface area contributed by atoms with Gasteiger partial charge in [-0.15, -0.1) is 5.10 Å². The molecule has 0 aliphatic heterocycles. The third-order valence-corrected chi connectivity index (χ3v) is 4.16. The summed E-state index contributed by atoms with van der Waals surface area (Å²) in [5.41, 5.74) is 7.62. The van der Waals surface area contributed by atoms with Crippen LogP contribution >= 0.6 is 11.6 Å². The minimum atomic E-state index is -0.518. The molecular formula is C18H16ClN5O3. The molecule has 27 heavy (non-hydrogen) atoms. The molecule has 3 rings (SSSR count). The van der Waals surface area contributed by atoms with Crippen LogP contribution in [0.15, 0.2) is 42.5 Å². The number of ketones is 1. The number of rotatable bonds is 5. The molecule has 0 aliphatic carbocycles. The van der Waals surface area contributed by atoms with Crippen molar-refractivity contribution in [1.29, 1.82) is 0 Å². The van der Waals surface area contributed by atoms with Gasteiger partial charge in [0.15, 0.2) is 17.3 Å². The highest BCUT2D eigenvalue weighted by Crippen LogP contribution is 2.27. The van der Waals surface area contributed by atoms with Gasteiger partial charge in [-0.3, -0.25) is 9.59 Å². The number of nitrogens with two attached hydrogens (primary N) is 1. The number of methoxy groups -OCH3 is 1. The monoisotopic (exact) mass is 385 g/mol. The lowest BCUT2D eigenvalue weighted by molar-refractivity contribution is 0.101. The first kappa shape index (κ1) is 18.4. The van der Waals surface area contributed by atoms with E-state index in [1.54, 1.807) is 42.5 Å². The first-order chi connectivity index (χ1) is 12.9. The molecule has 3 aromatic rings. The number of amides is 1. The number of halogens is 1. The zero-order valence-electron chi connectivity index (χ0n) is 14.6. The molecule has 0 radical (unpaired) electrons. The highest BCUT2D eigenvalue weighted by molar-refractivity contribution is 6.32. The van der Waals surface area contributed by atoms with Crippen LogP contribution in [0, 0.1) is 0 Å². The minimum Gasteiger partial charge on any atom is -0.495 e. The van der Waals surface area contributed by atoms with Crippen LogP contribution in [0.1, 0.15) is 27.8 Å². The molecule has 8 nitrogen and oxygen atoms in total. The zero-order valence-corrected chi connectivity index (χ0v) is 15.3. The third kappa shape index (κ3) is 3.75. The van der Waals surface area contributed by atoms with Crippen LogP contribution in [0.4, 0.5) is 11.5 Å². The summed E-state index contributed by atoms with van der Waals surface area (Å²) in [4.78, 5) is 23.8. The number of benzene rings is 2. The molecule has 9 heteroatoms. The Hall–Kier alpha value is -3.39. The largest absolute Gasteiger partial charge is 0.495 e. The molecule has 138 valence electrons. The van der Waals surface area contributed by atoms with Crippen LogP contribution < -0.4 is 15.8 Å². The Morgan fingerprint density at radius 2 is 1.89 bits per heavy atom. The van der Waals surface area contributed by atoms with Gasteiger partial charge in [0.05, 0.1) is 17.8 Å². The molecule has 1 heterocycles. The van der Waals surface area contributed by atoms with Gasteiger partial charge in [0.2, 0.25) is 0 Å². The lowest BCUT2D eigenvalue weighted by Gasteiger charge is -2.08. The number of nitrogens with one attached hydrogen (secondary N) is 1. The minimum absolute atomic E-state index is 0.0282. The van der Waals surface area contributed by atoms with Gasteiger partial charge in [-0.1, -0.05) is 16.8 Å². The van der Waals surface area contributed by atoms with Gasteiger partial charge in [0.25, 0.3) is 5.91 Å². The SMILES string of the molecule is COc1cc(-n2nnc(C(=O)Nc3ccc(C(C)=O)cc3)c2N)ccc1Cl. The Labute approximate surface area is 159 Å². The van der Waals surface area contributed by atoms with E-state index in [0.29, 0.717) is 27.7 Å². The summed E-state index contributed by atoms with van der Waals surface area (Å²) < 4.78 is 6.48. The van der Waals surface area contributed by atoms with Crippen molar-refractivity contribution in [3.63, 3.8) is 0 Å². The molecular weight excluding hydrogens is 370 g/mol. The summed E-state index contributed by atoms with van der Waals surface area (Å²) in [6, 6.07) is 11.4. The number of Topliss-reactive ketones (excluding diaryl/α,β-unsaturated/α-hetero) is 1. The van der Waals surface area contributed by atoms with Gasteiger partial charge in [-0.2, -0.15) is 4.68 Å². The first-order valence-electron chi connectivity index (χ1n) is 7.88. The van der Waals surface area contributed by atoms with Crippen molar-refractivity contribution in [3.05, 3.63) is 58.7 Å². The molecule has 0 spiro atoms. The molecule has 0 unspecified atom stereocenters. The van der Waals surface area contributed by atoms with Crippen molar-refractivity contribution in [1.82, 2.24) is 15.0 Å². The molecule has 0 fully saturated rings. The third-order valence-electron chi connectivity index (χ3n) is 3.85. The topological polar surface area (TPSA) is 112 Å². The summed E-state index contributed by atoms with van der Waals surface area (Å²) in [7, 11) is 1.49. The maximum Gasteiger partial charge on any atom is 0.280 e. The number of carbonyl (C=O) groups is 2. The van der Waals surface area contributed by atoms with E-state index in [1.165, 1.54) is 18.7 Å². The first-order valence-corrected chi connectivity index (χ1v) is 8.26. The second kappa shape index (κ2) is 7.46. The Morgan fingerprint density at radius 1 is 1.19 bits per heavy atom. The molecule has 3 N–H and O–H groups in total. The zero-order chi connectivity index (χ0) is 19.6. The Bertz CT molecular complexity index is 1010. The number of anilines is 2. The number of hydrogen-bond acceptors (Lipinski definition) is 6. The van der Waals surface area contributed by atoms with Gasteiger partial charge in [-0.05, 0) is 43.3 Å². The number of nitrogen functional groups attached to an aromatic ring is 1. The predicted octanol–water partition coefficient (Wildman–Crippen LogP) is 2.97. The van der Waals surface area contributed by atoms with E-state index in [0.717, 1.165) is 0 Å². The van der Waals surface area contributed by atoms with Crippen LogP contribution in [-0.4, -0.2) is 33.8 Å². The summed E-state index contributed by atoms with van der Waals surface area (Å²) in [5, 5.41) is 10.9. The number of nitrogens with zero attached hydrogens (tertiary/aromatic N) is 3. The van der Waals surface area contributed by atoms with Gasteiger partial charge in [-0.25, -0.2) is 0 Å². The van der Waals surface area contributed by atoms with Crippen molar-refractivity contribution >= 4 is 34.8 Å². The van der Waals surface area contributed by atoms with E-state index in [2.05, 4.69) is 15.6 Å². The average molecular weight is 386 g/mol. The van der Waals surface area contributed by atoms with Crippen LogP contribution in [0.25, 0.3) is 5.69 Å². The number of ether oxygens (including phenoxy) is 1. The van der Waals surface area contributed by atoms with Crippen LogP contribution in [0.2, 0.25) is 5.02 Å². The fourth-order valence-electron chi connectivity index (χ4n) is 2.40. The van der Waals surface area contributed by atoms with Crippen molar-refractivity contribution < 1.29 is 14.3 Å². The van der Waals surface area contributed by atoms with Crippen molar-refractivity contribution in [3.8, 4) is 11.4 Å². The smallest absolute Gasteiger partial charge is 0.280 e. The molecule has 0 atom stereocenters. The van der Waals surface area contributed by atoms with E-state index < -0.39 is 5.91 Å². The molecule has 1 aromatic heterocycles. The second-order valence-electron chi connectivity index (χ2n) is 5.64. The number of hydrogen-bond donors (Lipinski definition) is 2. The number of aromatic nitrogens is 3. The van der Waals surface area contributed by atoms with Crippen molar-refractivity contribution in [2.45, 2.75) is 6.92 Å². The molecule has 0 aliphatic rings. The van der Waals surface area contributed by atoms with Gasteiger partial charge in [0.1, 0.15) is 5.75 Å². The van der Waals surface area contributed by atoms with Crippen molar-refractivity contribution in [2.75, 3.05) is 18.2 Å². The predicted molar refractivity (Wildman–Crippen MR) is 102 cm³/mol. The quantitative estimate of drug-likeness (QED) is 0.653. The summed E-state index contributed by atoms with van der Waals surface area (Å²) in [6.07, 6.45) is 0. The second-order valence-corrected chi connectivity index (χ2v) is 6.05. The van der Waals surface area contributed by atoms with Crippen LogP contribution in [-0.2, 0) is 0 Å². The fourth-order valence-corrected chi connectivity index (χ4v) is 2.60. The summed E-state index contributed by atoms with van der Waals surface area (Å²) >= 11 is 6.01. The van der Waals surface area contributed by atoms with E-state index in [1.807, 2.05) is 0 Å². The Balaban J connectivity index is 1.84. The van der Waals surface area contributed by atoms with Crippen molar-refractivity contribution in [2.24, 2.45) is 0 Å². The lowest BCUT2D eigenvalue weighted by atomic mass is 10.1. The van der Waals surface area contributed by atoms with E-state index >= 15 is 0 Å². The van der Waals surface area contributed by atoms with Crippen LogP contribution in [0.3, 0.4) is 0 Å². The van der Waals surface area contributed by atoms with E-state index in [-0.39, 0.29) is 17.3 Å². The summed E-state index contributed by atoms with van der Waals surface area (Å²) in [5.74, 6) is -0.0634. The molecule has 0 bridgehead atoms. The number of carbonyl (C=O) groups excluding carboxylic acids is 2. The molecule has 0 saturated heterocycles.